The molecule has 0 aromatic carbocycles. The average molecular weight is 347 g/mol. The van der Waals surface area contributed by atoms with Crippen LogP contribution in [0.1, 0.15) is 0 Å². The van der Waals surface area contributed by atoms with Gasteiger partial charge < -0.3 is 20.8 Å². The van der Waals surface area contributed by atoms with E-state index in [9.17, 15) is 0 Å². The van der Waals surface area contributed by atoms with Crippen LogP contribution in [0.5, 0.6) is 0 Å². The van der Waals surface area contributed by atoms with Crippen LogP contribution in [0.2, 0.25) is 0 Å². The molecule has 0 fully saturated rings. The van der Waals surface area contributed by atoms with Gasteiger partial charge in [-0.2, -0.15) is 0 Å². The van der Waals surface area contributed by atoms with E-state index in [1.165, 1.54) is 0 Å². The van der Waals surface area contributed by atoms with Crippen LogP contribution in [-0.2, 0) is 27.9 Å². The molecule has 0 bridgehead atoms. The van der Waals surface area contributed by atoms with Crippen LogP contribution in [0, 0.1) is 15.3 Å². The van der Waals surface area contributed by atoms with Crippen molar-refractivity contribution in [2.75, 3.05) is 0 Å². The first-order valence-electron chi connectivity index (χ1n) is 4.25. The molecule has 0 amide bonds. The Labute approximate surface area is 119 Å². The fraction of sp³-hybridized carbons (Fsp3) is 0. The predicted molar refractivity (Wildman–Crippen MR) is 63.7 cm³/mol. The summed E-state index contributed by atoms with van der Waals surface area (Å²) in [5.41, 5.74) is 0. The van der Waals surface area contributed by atoms with Crippen molar-refractivity contribution in [3.63, 3.8) is 0 Å². The molecule has 18 heavy (non-hydrogen) atoms. The Hall–Kier alpha value is -1.80. The molecule has 0 atom stereocenters. The minimum absolute atomic E-state index is 0. The number of pyridine rings is 2. The van der Waals surface area contributed by atoms with Gasteiger partial charge in [-0.3, -0.25) is 9.97 Å². The van der Waals surface area contributed by atoms with E-state index in [1.807, 2.05) is 36.4 Å². The predicted octanol–water partition coefficient (Wildman–Crippen LogP) is 1.000. The molecule has 8 heteroatoms. The molecule has 0 saturated heterocycles. The van der Waals surface area contributed by atoms with E-state index < -0.39 is 5.09 Å². The van der Waals surface area contributed by atoms with Gasteiger partial charge in [0.15, 0.2) is 0 Å². The third-order valence-corrected chi connectivity index (χ3v) is 1.13. The Bertz CT molecular complexity index is 275. The standard InChI is InChI=1S/2C5H5N.Ag.NO3.H2O/c2*1-2-4-6-5-3-1;;2-1(3)4;/h2*1-5H;;;1H2/q;;;-1;/p+1. The summed E-state index contributed by atoms with van der Waals surface area (Å²) in [6.07, 6.45) is 7.00. The van der Waals surface area contributed by atoms with Gasteiger partial charge in [0.2, 0.25) is 0 Å². The molecular weight excluding hydrogens is 334 g/mol. The Kier molecular flexibility index (Phi) is 21.0. The van der Waals surface area contributed by atoms with Gasteiger partial charge in [-0.05, 0) is 24.3 Å². The van der Waals surface area contributed by atoms with Gasteiger partial charge in [0, 0.05) is 47.2 Å². The van der Waals surface area contributed by atoms with Gasteiger partial charge in [-0.1, -0.05) is 12.1 Å². The second kappa shape index (κ2) is 17.6. The maximum Gasteiger partial charge on any atom is 0.0689 e. The molecule has 0 saturated carbocycles. The molecule has 7 nitrogen and oxygen atoms in total. The second-order valence-corrected chi connectivity index (χ2v) is 2.27. The van der Waals surface area contributed by atoms with Crippen molar-refractivity contribution < 1.29 is 32.9 Å². The van der Waals surface area contributed by atoms with Gasteiger partial charge in [-0.15, -0.1) is 0 Å². The summed E-state index contributed by atoms with van der Waals surface area (Å²) in [6, 6.07) is 11.4. The van der Waals surface area contributed by atoms with Crippen LogP contribution < -0.4 is 0 Å². The van der Waals surface area contributed by atoms with Crippen LogP contribution in [-0.4, -0.2) is 15.1 Å². The maximum atomic E-state index is 8.25. The van der Waals surface area contributed by atoms with E-state index >= 15 is 0 Å². The van der Waals surface area contributed by atoms with Crippen LogP contribution in [0.4, 0.5) is 0 Å². The molecular formula is C10H13AgN3O4. The molecule has 2 aromatic rings. The number of rotatable bonds is 0. The van der Waals surface area contributed by atoms with Gasteiger partial charge in [0.1, 0.15) is 0 Å². The Morgan fingerprint density at radius 3 is 1.00 bits per heavy atom. The van der Waals surface area contributed by atoms with Crippen molar-refractivity contribution >= 4 is 0 Å². The van der Waals surface area contributed by atoms with Crippen LogP contribution in [0.25, 0.3) is 0 Å². The van der Waals surface area contributed by atoms with Gasteiger partial charge in [0.25, 0.3) is 0 Å². The summed E-state index contributed by atoms with van der Waals surface area (Å²) in [5, 5.41) is 14.8. The number of nitrogens with zero attached hydrogens (tertiary/aromatic N) is 3. The zero-order valence-electron chi connectivity index (χ0n) is 9.22. The zero-order chi connectivity index (χ0) is 12.1. The fourth-order valence-electron chi connectivity index (χ4n) is 0.625. The van der Waals surface area contributed by atoms with Gasteiger partial charge in [0.05, 0.1) is 5.09 Å². The molecule has 0 aliphatic heterocycles. The molecule has 0 spiro atoms. The number of hydrogen-bond donors (Lipinski definition) is 0. The molecule has 1 radical (unpaired) electrons. The molecule has 2 heterocycles. The van der Waals surface area contributed by atoms with Crippen LogP contribution in [0.15, 0.2) is 61.2 Å². The summed E-state index contributed by atoms with van der Waals surface area (Å²) in [7, 11) is 0. The van der Waals surface area contributed by atoms with Crippen molar-refractivity contribution in [1.29, 1.82) is 0 Å². The van der Waals surface area contributed by atoms with E-state index in [0.29, 0.717) is 0 Å². The van der Waals surface area contributed by atoms with Crippen molar-refractivity contribution in [2.24, 2.45) is 0 Å². The Morgan fingerprint density at radius 2 is 0.944 bits per heavy atom. The number of hydrogen-bond acceptors (Lipinski definition) is 5. The SMILES string of the molecule is O=[N+]([O-])[O-].[Ag].[OH3+].c1ccncc1.c1ccncc1. The summed E-state index contributed by atoms with van der Waals surface area (Å²) in [4.78, 5) is 15.8. The molecule has 0 aliphatic carbocycles. The van der Waals surface area contributed by atoms with E-state index in [0.717, 1.165) is 0 Å². The molecule has 0 aliphatic rings. The molecule has 103 valence electrons. The summed E-state index contributed by atoms with van der Waals surface area (Å²) >= 11 is 0. The van der Waals surface area contributed by atoms with E-state index in [4.69, 9.17) is 15.3 Å². The van der Waals surface area contributed by atoms with Crippen molar-refractivity contribution in [2.45, 2.75) is 0 Å². The third kappa shape index (κ3) is 23.8. The Balaban J connectivity index is -0.000000182. The largest absolute Gasteiger partial charge is 0.457 e. The first kappa shape index (κ1) is 21.5. The molecule has 2 aromatic heterocycles. The van der Waals surface area contributed by atoms with Crippen molar-refractivity contribution in [1.82, 2.24) is 9.97 Å². The molecule has 3 N–H and O–H groups in total. The first-order valence-corrected chi connectivity index (χ1v) is 4.25. The maximum absolute atomic E-state index is 8.25. The summed E-state index contributed by atoms with van der Waals surface area (Å²) in [5.74, 6) is 0. The van der Waals surface area contributed by atoms with Crippen molar-refractivity contribution in [3.05, 3.63) is 76.5 Å². The number of aromatic nitrogens is 2. The normalized spacial score (nSPS) is 6.67. The third-order valence-electron chi connectivity index (χ3n) is 1.13. The topological polar surface area (TPSA) is 125 Å². The van der Waals surface area contributed by atoms with Crippen LogP contribution in [0.3, 0.4) is 0 Å². The minimum Gasteiger partial charge on any atom is -0.457 e. The van der Waals surface area contributed by atoms with E-state index in [1.54, 1.807) is 24.8 Å². The Morgan fingerprint density at radius 1 is 0.722 bits per heavy atom. The minimum atomic E-state index is -1.75. The molecule has 2 rings (SSSR count). The molecule has 0 unspecified atom stereocenters. The summed E-state index contributed by atoms with van der Waals surface area (Å²) in [6.45, 7) is 0. The van der Waals surface area contributed by atoms with Crippen molar-refractivity contribution in [3.8, 4) is 0 Å². The first-order chi connectivity index (χ1) is 7.73. The smallest absolute Gasteiger partial charge is 0.0689 e. The zero-order valence-corrected chi connectivity index (χ0v) is 10.7. The monoisotopic (exact) mass is 346 g/mol. The van der Waals surface area contributed by atoms with Gasteiger partial charge in [-0.25, -0.2) is 0 Å². The van der Waals surface area contributed by atoms with E-state index in [-0.39, 0.29) is 27.9 Å². The second-order valence-electron chi connectivity index (χ2n) is 2.27. The van der Waals surface area contributed by atoms with E-state index in [2.05, 4.69) is 9.97 Å². The summed E-state index contributed by atoms with van der Waals surface area (Å²) < 4.78 is 0. The quantitative estimate of drug-likeness (QED) is 0.304. The average Bonchev–Trinajstić information content (AvgIpc) is 2.34. The fourth-order valence-corrected chi connectivity index (χ4v) is 0.625. The van der Waals surface area contributed by atoms with Gasteiger partial charge >= 0.3 is 0 Å². The van der Waals surface area contributed by atoms with Crippen LogP contribution >= 0.6 is 0 Å².